The molecule has 6 rings (SSSR count). The van der Waals surface area contributed by atoms with Crippen molar-refractivity contribution in [3.8, 4) is 0 Å². The van der Waals surface area contributed by atoms with E-state index in [1.54, 1.807) is 4.90 Å². The van der Waals surface area contributed by atoms with Gasteiger partial charge in [0.25, 0.3) is 0 Å². The van der Waals surface area contributed by atoms with Gasteiger partial charge in [0.1, 0.15) is 0 Å². The molecule has 282 valence electrons. The second-order valence-electron chi connectivity index (χ2n) is 14.6. The number of benzene rings is 1. The molecule has 3 saturated heterocycles. The van der Waals surface area contributed by atoms with Gasteiger partial charge in [0, 0.05) is 20.1 Å². The van der Waals surface area contributed by atoms with E-state index in [1.807, 2.05) is 41.9 Å². The molecule has 0 bridgehead atoms. The first-order chi connectivity index (χ1) is 25.0. The van der Waals surface area contributed by atoms with Gasteiger partial charge in [0.05, 0.1) is 0 Å². The minimum atomic E-state index is -0.624. The standard InChI is InChI=1S/C37H52IN9O5/c1-44-22-29(33(39)49)34(42-31(23-44)46-18-6-11-28(21-46)47-20-19-45(2)37(47)52)40-27-14-12-26(13-15-27)38-25-9-4-3-7-24(8-5-10-25)35(50)41-30-16-17-32(48)43-36(30)51/h12-15,23-25,28,30,40H,3-11,16-22H2,1-2H3,(H2,39,49)(H,41,50)(H,43,48,51). The van der Waals surface area contributed by atoms with Crippen LogP contribution in [0.3, 0.4) is 0 Å². The zero-order valence-electron chi connectivity index (χ0n) is 30.2. The van der Waals surface area contributed by atoms with Crippen molar-refractivity contribution in [3.63, 3.8) is 0 Å². The number of nitrogens with zero attached hydrogens (tertiary/aromatic N) is 5. The number of imide groups is 1. The SMILES string of the molecule is CN1CCN(C2CCCN(C3=NC(Nc4ccc([I-]C5CCCCC(C(=O)NC6CCC(=O)NC6=O)CCC5)cc4)=C(C(N)=O)C[N+](C)=C3)C2)C1=O. The van der Waals surface area contributed by atoms with Gasteiger partial charge in [-0.25, -0.2) is 4.79 Å². The monoisotopic (exact) mass is 829 g/mol. The van der Waals surface area contributed by atoms with Gasteiger partial charge in [-0.3, -0.25) is 0 Å². The third-order valence-corrected chi connectivity index (χ3v) is 14.2. The number of urea groups is 1. The number of primary amides is 1. The Morgan fingerprint density at radius 1 is 0.962 bits per heavy atom. The number of anilines is 1. The first-order valence-electron chi connectivity index (χ1n) is 18.6. The van der Waals surface area contributed by atoms with Gasteiger partial charge in [-0.2, -0.15) is 0 Å². The third kappa shape index (κ3) is 9.50. The molecular formula is C37H52IN9O5. The third-order valence-electron chi connectivity index (χ3n) is 10.7. The number of rotatable bonds is 8. The van der Waals surface area contributed by atoms with Crippen molar-refractivity contribution < 1.29 is 49.8 Å². The van der Waals surface area contributed by atoms with Crippen molar-refractivity contribution in [2.75, 3.05) is 52.1 Å². The Balaban J connectivity index is 1.06. The fraction of sp³-hybridized carbons (Fsp3) is 0.595. The van der Waals surface area contributed by atoms with Crippen LogP contribution in [0.5, 0.6) is 0 Å². The minimum Gasteiger partial charge on any atom is -0.248 e. The molecule has 1 aromatic carbocycles. The average molecular weight is 830 g/mol. The predicted molar refractivity (Wildman–Crippen MR) is 193 cm³/mol. The fourth-order valence-electron chi connectivity index (χ4n) is 7.70. The van der Waals surface area contributed by atoms with Gasteiger partial charge in [-0.15, -0.1) is 0 Å². The maximum Gasteiger partial charge on any atom is 0.320 e. The van der Waals surface area contributed by atoms with Crippen LogP contribution >= 0.6 is 0 Å². The number of hydrogen-bond acceptors (Lipinski definition) is 8. The summed E-state index contributed by atoms with van der Waals surface area (Å²) in [7, 11) is 3.75. The Kier molecular flexibility index (Phi) is 12.5. The van der Waals surface area contributed by atoms with E-state index in [0.717, 1.165) is 88.9 Å². The Morgan fingerprint density at radius 3 is 2.44 bits per heavy atom. The molecular weight excluding hydrogens is 777 g/mol. The Morgan fingerprint density at radius 2 is 1.71 bits per heavy atom. The Bertz CT molecular complexity index is 1640. The van der Waals surface area contributed by atoms with E-state index >= 15 is 0 Å². The molecule has 4 atom stereocenters. The zero-order valence-corrected chi connectivity index (χ0v) is 32.4. The van der Waals surface area contributed by atoms with E-state index in [9.17, 15) is 24.0 Å². The van der Waals surface area contributed by atoms with Gasteiger partial charge in [-0.1, -0.05) is 0 Å². The van der Waals surface area contributed by atoms with Crippen LogP contribution in [0.15, 0.2) is 40.7 Å². The van der Waals surface area contributed by atoms with E-state index in [2.05, 4.69) is 33.0 Å². The molecule has 15 heteroatoms. The summed E-state index contributed by atoms with van der Waals surface area (Å²) in [5.41, 5.74) is 7.12. The normalized spacial score (nSPS) is 26.5. The van der Waals surface area contributed by atoms with Crippen molar-refractivity contribution >= 4 is 47.4 Å². The number of alkyl halides is 1. The number of amides is 6. The molecule has 5 aliphatic rings. The summed E-state index contributed by atoms with van der Waals surface area (Å²) in [5, 5.41) is 8.63. The minimum absolute atomic E-state index is 0.0678. The molecule has 0 radical (unpaired) electrons. The smallest absolute Gasteiger partial charge is 0.248 e. The van der Waals surface area contributed by atoms with Gasteiger partial charge < -0.3 is 4.90 Å². The number of likely N-dealkylation sites (tertiary alicyclic amines) is 1. The van der Waals surface area contributed by atoms with Crippen LogP contribution in [0, 0.1) is 9.49 Å². The molecule has 4 unspecified atom stereocenters. The van der Waals surface area contributed by atoms with Crippen LogP contribution in [0.2, 0.25) is 0 Å². The van der Waals surface area contributed by atoms with Gasteiger partial charge in [0.2, 0.25) is 0 Å². The summed E-state index contributed by atoms with van der Waals surface area (Å²) in [6.07, 6.45) is 11.3. The number of carbonyl (C=O) groups is 5. The predicted octanol–water partition coefficient (Wildman–Crippen LogP) is -1.34. The van der Waals surface area contributed by atoms with Gasteiger partial charge in [0.15, 0.2) is 0 Å². The summed E-state index contributed by atoms with van der Waals surface area (Å²) >= 11 is -0.263. The van der Waals surface area contributed by atoms with Crippen molar-refractivity contribution in [2.45, 2.75) is 86.6 Å². The van der Waals surface area contributed by atoms with E-state index in [1.165, 1.54) is 3.57 Å². The van der Waals surface area contributed by atoms with Crippen molar-refractivity contribution in [2.24, 2.45) is 16.6 Å². The zero-order chi connectivity index (χ0) is 36.8. The van der Waals surface area contributed by atoms with Crippen LogP contribution in [0.1, 0.15) is 70.6 Å². The molecule has 52 heavy (non-hydrogen) atoms. The number of nitrogens with one attached hydrogen (secondary N) is 3. The second kappa shape index (κ2) is 17.2. The maximum atomic E-state index is 13.1. The molecule has 1 aliphatic carbocycles. The van der Waals surface area contributed by atoms with Crippen LogP contribution < -0.4 is 42.9 Å². The van der Waals surface area contributed by atoms with E-state index in [0.29, 0.717) is 34.8 Å². The van der Waals surface area contributed by atoms with E-state index < -0.39 is 17.9 Å². The number of hydrogen-bond donors (Lipinski definition) is 4. The number of aliphatic imine (C=N–C) groups is 1. The fourth-order valence-corrected chi connectivity index (χ4v) is 11.0. The van der Waals surface area contributed by atoms with Gasteiger partial charge in [-0.05, 0) is 0 Å². The molecule has 4 heterocycles. The summed E-state index contributed by atoms with van der Waals surface area (Å²) in [5.74, 6) is -0.199. The largest absolute Gasteiger partial charge is 0.320 e. The summed E-state index contributed by atoms with van der Waals surface area (Å²) in [6.45, 7) is 3.28. The molecule has 5 N–H and O–H groups in total. The van der Waals surface area contributed by atoms with Crippen molar-refractivity contribution in [1.82, 2.24) is 25.3 Å². The number of carbonyl (C=O) groups excluding carboxylic acids is 5. The molecule has 1 aromatic rings. The van der Waals surface area contributed by atoms with Gasteiger partial charge >= 0.3 is 287 Å². The average Bonchev–Trinajstić information content (AvgIpc) is 3.42. The number of halogens is 1. The number of piperidine rings is 2. The first kappa shape index (κ1) is 37.7. The topological polar surface area (TPSA) is 173 Å². The molecule has 1 saturated carbocycles. The van der Waals surface area contributed by atoms with E-state index in [-0.39, 0.29) is 57.4 Å². The quantitative estimate of drug-likeness (QED) is 0.109. The van der Waals surface area contributed by atoms with Crippen LogP contribution in [-0.2, 0) is 19.2 Å². The molecule has 0 aromatic heterocycles. The van der Waals surface area contributed by atoms with E-state index in [4.69, 9.17) is 10.7 Å². The van der Waals surface area contributed by atoms with Crippen molar-refractivity contribution in [3.05, 3.63) is 39.2 Å². The first-order valence-corrected chi connectivity index (χ1v) is 20.9. The van der Waals surface area contributed by atoms with Crippen LogP contribution in [-0.4, -0.2) is 124 Å². The molecule has 6 amide bonds. The summed E-state index contributed by atoms with van der Waals surface area (Å²) in [6, 6.07) is 7.99. The number of amidine groups is 1. The Labute approximate surface area is 315 Å². The van der Waals surface area contributed by atoms with Crippen LogP contribution in [0.25, 0.3) is 0 Å². The van der Waals surface area contributed by atoms with Crippen LogP contribution in [0.4, 0.5) is 10.5 Å². The molecule has 4 fully saturated rings. The molecule has 4 aliphatic heterocycles. The molecule has 0 spiro atoms. The van der Waals surface area contributed by atoms with Crippen molar-refractivity contribution in [1.29, 1.82) is 0 Å². The second-order valence-corrected chi connectivity index (χ2v) is 18.2. The summed E-state index contributed by atoms with van der Waals surface area (Å²) in [4.78, 5) is 73.0. The number of likely N-dealkylation sites (N-methyl/N-ethyl adjacent to an activating group) is 2. The Hall–Kier alpha value is -4.02. The molecule has 14 nitrogen and oxygen atoms in total. The maximum absolute atomic E-state index is 13.1. The summed E-state index contributed by atoms with van der Waals surface area (Å²) < 4.78 is 3.89. The number of nitrogens with two attached hydrogens (primary N) is 1.